The number of hydrogen-bond acceptors (Lipinski definition) is 10. The molecule has 214 valence electrons. The molecule has 0 aliphatic carbocycles. The summed E-state index contributed by atoms with van der Waals surface area (Å²) in [6.07, 6.45) is 2.81. The van der Waals surface area contributed by atoms with E-state index in [1.165, 1.54) is 0 Å². The van der Waals surface area contributed by atoms with Crippen LogP contribution in [0.1, 0.15) is 56.3 Å². The Kier molecular flexibility index (Phi) is 8.19. The van der Waals surface area contributed by atoms with Gasteiger partial charge in [-0.05, 0) is 57.4 Å². The summed E-state index contributed by atoms with van der Waals surface area (Å²) in [6.45, 7) is 9.01. The Morgan fingerprint density at radius 3 is 2.42 bits per heavy atom. The van der Waals surface area contributed by atoms with Crippen LogP contribution in [0.2, 0.25) is 10.2 Å². The number of carbonyl (C=O) groups is 1. The molecule has 13 heteroatoms. The molecule has 3 N–H and O–H groups in total. The van der Waals surface area contributed by atoms with E-state index >= 15 is 0 Å². The van der Waals surface area contributed by atoms with Crippen LogP contribution >= 0.6 is 23.2 Å². The average molecular weight is 590 g/mol. The largest absolute Gasteiger partial charge is 0.416 e. The number of anilines is 2. The van der Waals surface area contributed by atoms with Gasteiger partial charge in [-0.2, -0.15) is 0 Å². The summed E-state index contributed by atoms with van der Waals surface area (Å²) < 4.78 is 5.56. The molecule has 40 heavy (non-hydrogen) atoms. The summed E-state index contributed by atoms with van der Waals surface area (Å²) in [6, 6.07) is 7.77. The SMILES string of the molecule is CC[C@H]1CN(c2nc(N)c(-c3nnc(C(C)(C)O)o3)nc2Cl)CCN1C1CCN(C(=O)c2ccc(Cl)cc2)CC1. The highest BCUT2D eigenvalue weighted by molar-refractivity contribution is 6.32. The Labute approximate surface area is 243 Å². The van der Waals surface area contributed by atoms with Crippen LogP contribution in [0.15, 0.2) is 28.7 Å². The average Bonchev–Trinajstić information content (AvgIpc) is 3.45. The fraction of sp³-hybridized carbons (Fsp3) is 0.519. The van der Waals surface area contributed by atoms with Crippen molar-refractivity contribution in [2.24, 2.45) is 0 Å². The van der Waals surface area contributed by atoms with Gasteiger partial charge in [-0.15, -0.1) is 10.2 Å². The van der Waals surface area contributed by atoms with Gasteiger partial charge in [0.05, 0.1) is 0 Å². The van der Waals surface area contributed by atoms with E-state index in [1.807, 2.05) is 4.90 Å². The lowest BCUT2D eigenvalue weighted by Crippen LogP contribution is -2.58. The third-order valence-corrected chi connectivity index (χ3v) is 8.13. The molecule has 5 rings (SSSR count). The highest BCUT2D eigenvalue weighted by atomic mass is 35.5. The van der Waals surface area contributed by atoms with Crippen LogP contribution in [-0.2, 0) is 5.60 Å². The molecule has 1 atom stereocenters. The number of piperidine rings is 1. The molecule has 2 aromatic heterocycles. The van der Waals surface area contributed by atoms with E-state index in [0.29, 0.717) is 28.5 Å². The first-order valence-corrected chi connectivity index (χ1v) is 14.3. The van der Waals surface area contributed by atoms with Crippen molar-refractivity contribution in [1.82, 2.24) is 30.0 Å². The second-order valence-electron chi connectivity index (χ2n) is 10.8. The number of benzene rings is 1. The maximum atomic E-state index is 12.9. The molecular formula is C27H34Cl2N8O3. The molecule has 0 bridgehead atoms. The Morgan fingerprint density at radius 1 is 1.10 bits per heavy atom. The van der Waals surface area contributed by atoms with Crippen molar-refractivity contribution < 1.29 is 14.3 Å². The minimum Gasteiger partial charge on any atom is -0.416 e. The third kappa shape index (κ3) is 5.88. The third-order valence-electron chi connectivity index (χ3n) is 7.63. The maximum Gasteiger partial charge on any atom is 0.270 e. The van der Waals surface area contributed by atoms with E-state index in [-0.39, 0.29) is 34.4 Å². The predicted octanol–water partition coefficient (Wildman–Crippen LogP) is 3.85. The molecule has 3 aromatic rings. The van der Waals surface area contributed by atoms with Gasteiger partial charge in [0.25, 0.3) is 11.8 Å². The molecule has 1 amide bonds. The monoisotopic (exact) mass is 588 g/mol. The second-order valence-corrected chi connectivity index (χ2v) is 11.6. The van der Waals surface area contributed by atoms with Crippen molar-refractivity contribution in [3.63, 3.8) is 0 Å². The molecule has 0 unspecified atom stereocenters. The molecule has 11 nitrogen and oxygen atoms in total. The van der Waals surface area contributed by atoms with E-state index < -0.39 is 5.60 Å². The summed E-state index contributed by atoms with van der Waals surface area (Å²) in [5.74, 6) is 0.793. The lowest BCUT2D eigenvalue weighted by molar-refractivity contribution is 0.0485. The summed E-state index contributed by atoms with van der Waals surface area (Å²) in [7, 11) is 0. The van der Waals surface area contributed by atoms with Crippen molar-refractivity contribution >= 4 is 40.7 Å². The zero-order valence-electron chi connectivity index (χ0n) is 22.8. The quantitative estimate of drug-likeness (QED) is 0.436. The standard InChI is InChI=1S/C27H34Cl2N8O3/c1-4-18-15-36(23-21(29)31-20(22(30)32-23)24-33-34-26(40-24)27(2,3)39)13-14-37(18)19-9-11-35(12-10-19)25(38)16-5-7-17(28)8-6-16/h5-8,18-19,39H,4,9-15H2,1-3H3,(H2,30,32)/t18-/m0/s1. The Hall–Kier alpha value is -2.99. The van der Waals surface area contributed by atoms with E-state index in [1.54, 1.807) is 38.1 Å². The number of nitrogens with two attached hydrogens (primary N) is 1. The number of halogens is 2. The number of carbonyl (C=O) groups excluding carboxylic acids is 1. The van der Waals surface area contributed by atoms with Crippen molar-refractivity contribution in [2.45, 2.75) is 57.7 Å². The summed E-state index contributed by atoms with van der Waals surface area (Å²) in [5, 5.41) is 18.8. The highest BCUT2D eigenvalue weighted by Gasteiger charge is 2.35. The minimum atomic E-state index is -1.30. The molecule has 2 aliphatic rings. The Morgan fingerprint density at radius 2 is 1.80 bits per heavy atom. The van der Waals surface area contributed by atoms with Crippen LogP contribution in [0.3, 0.4) is 0 Å². The smallest absolute Gasteiger partial charge is 0.270 e. The second kappa shape index (κ2) is 11.5. The zero-order chi connectivity index (χ0) is 28.6. The van der Waals surface area contributed by atoms with E-state index in [0.717, 1.165) is 52.0 Å². The topological polar surface area (TPSA) is 138 Å². The van der Waals surface area contributed by atoms with Crippen LogP contribution < -0.4 is 10.6 Å². The summed E-state index contributed by atoms with van der Waals surface area (Å²) in [4.78, 5) is 28.5. The zero-order valence-corrected chi connectivity index (χ0v) is 24.4. The number of hydrogen-bond donors (Lipinski definition) is 2. The lowest BCUT2D eigenvalue weighted by atomic mass is 9.97. The molecule has 2 aliphatic heterocycles. The normalized spacial score (nSPS) is 19.3. The molecule has 1 aromatic carbocycles. The minimum absolute atomic E-state index is 0.0472. The Balaban J connectivity index is 1.23. The van der Waals surface area contributed by atoms with Crippen molar-refractivity contribution in [3.8, 4) is 11.6 Å². The number of nitrogens with zero attached hydrogens (tertiary/aromatic N) is 7. The van der Waals surface area contributed by atoms with Crippen LogP contribution in [0, 0.1) is 0 Å². The number of piperazine rings is 1. The lowest BCUT2D eigenvalue weighted by Gasteiger charge is -2.47. The van der Waals surface area contributed by atoms with Crippen molar-refractivity contribution in [2.75, 3.05) is 43.4 Å². The molecule has 0 saturated carbocycles. The molecule has 0 spiro atoms. The molecule has 2 saturated heterocycles. The first-order valence-electron chi connectivity index (χ1n) is 13.5. The number of nitrogen functional groups attached to an aromatic ring is 1. The molecule has 4 heterocycles. The number of amides is 1. The van der Waals surface area contributed by atoms with Crippen molar-refractivity contribution in [3.05, 3.63) is 45.9 Å². The first kappa shape index (κ1) is 28.5. The molecule has 0 radical (unpaired) electrons. The van der Waals surface area contributed by atoms with Crippen LogP contribution in [-0.4, -0.2) is 85.8 Å². The predicted molar refractivity (Wildman–Crippen MR) is 153 cm³/mol. The van der Waals surface area contributed by atoms with Gasteiger partial charge in [-0.25, -0.2) is 9.97 Å². The van der Waals surface area contributed by atoms with Crippen LogP contribution in [0.25, 0.3) is 11.6 Å². The summed E-state index contributed by atoms with van der Waals surface area (Å²) in [5.41, 5.74) is 5.80. The molecule has 2 fully saturated rings. The number of rotatable bonds is 6. The van der Waals surface area contributed by atoms with Gasteiger partial charge < -0.3 is 25.1 Å². The van der Waals surface area contributed by atoms with Gasteiger partial charge in [0.15, 0.2) is 22.5 Å². The van der Waals surface area contributed by atoms with E-state index in [4.69, 9.17) is 33.4 Å². The van der Waals surface area contributed by atoms with Gasteiger partial charge >= 0.3 is 0 Å². The fourth-order valence-corrected chi connectivity index (χ4v) is 5.80. The van der Waals surface area contributed by atoms with E-state index in [2.05, 4.69) is 36.9 Å². The van der Waals surface area contributed by atoms with Crippen molar-refractivity contribution in [1.29, 1.82) is 0 Å². The fourth-order valence-electron chi connectivity index (χ4n) is 5.42. The number of aliphatic hydroxyl groups is 1. The van der Waals surface area contributed by atoms with Crippen LogP contribution in [0.5, 0.6) is 0 Å². The number of aromatic nitrogens is 4. The van der Waals surface area contributed by atoms with Gasteiger partial charge in [0, 0.05) is 55.4 Å². The summed E-state index contributed by atoms with van der Waals surface area (Å²) >= 11 is 12.6. The van der Waals surface area contributed by atoms with E-state index in [9.17, 15) is 9.90 Å². The first-order chi connectivity index (χ1) is 19.0. The van der Waals surface area contributed by atoms with Gasteiger partial charge in [0.2, 0.25) is 5.89 Å². The molecular weight excluding hydrogens is 555 g/mol. The number of likely N-dealkylation sites (tertiary alicyclic amines) is 1. The maximum absolute atomic E-state index is 12.9. The Bertz CT molecular complexity index is 1350. The van der Waals surface area contributed by atoms with Crippen LogP contribution in [0.4, 0.5) is 11.6 Å². The van der Waals surface area contributed by atoms with Gasteiger partial charge in [-0.3, -0.25) is 9.69 Å². The highest BCUT2D eigenvalue weighted by Crippen LogP contribution is 2.33. The van der Waals surface area contributed by atoms with Gasteiger partial charge in [-0.1, -0.05) is 30.1 Å². The van der Waals surface area contributed by atoms with Gasteiger partial charge in [0.1, 0.15) is 5.60 Å².